The first-order valence-corrected chi connectivity index (χ1v) is 13.0. The van der Waals surface area contributed by atoms with E-state index >= 15 is 0 Å². The largest absolute Gasteiger partial charge is 0.490 e. The summed E-state index contributed by atoms with van der Waals surface area (Å²) >= 11 is 4.17. The minimum absolute atomic E-state index is 0.152. The topological polar surface area (TPSA) is 111 Å². The third-order valence-electron chi connectivity index (χ3n) is 4.62. The van der Waals surface area contributed by atoms with Gasteiger partial charge in [0, 0.05) is 5.69 Å². The lowest BCUT2D eigenvalue weighted by molar-refractivity contribution is -0.156. The molecule has 0 bridgehead atoms. The molecule has 0 aliphatic carbocycles. The molecule has 1 fully saturated rings. The van der Waals surface area contributed by atoms with Crippen LogP contribution in [0.1, 0.15) is 33.3 Å². The van der Waals surface area contributed by atoms with Crippen LogP contribution in [0, 0.1) is 0 Å². The van der Waals surface area contributed by atoms with Crippen LogP contribution in [-0.2, 0) is 19.1 Å². The summed E-state index contributed by atoms with van der Waals surface area (Å²) in [5.41, 5.74) is 0.471. The molecule has 1 heterocycles. The first-order valence-electron chi connectivity index (χ1n) is 11.4. The number of ether oxygens (including phenoxy) is 3. The second-order valence-corrected chi connectivity index (χ2v) is 10.7. The van der Waals surface area contributed by atoms with Crippen molar-refractivity contribution < 1.29 is 33.4 Å². The van der Waals surface area contributed by atoms with E-state index in [0.29, 0.717) is 33.8 Å². The molecule has 0 atom stereocenters. The van der Waals surface area contributed by atoms with E-state index in [1.54, 1.807) is 52.0 Å². The number of thioether (sulfide) groups is 1. The molecule has 0 aromatic heterocycles. The highest BCUT2D eigenvalue weighted by atomic mass is 79.9. The van der Waals surface area contributed by atoms with Gasteiger partial charge in [-0.05, 0) is 91.3 Å². The van der Waals surface area contributed by atoms with Crippen molar-refractivity contribution in [1.82, 2.24) is 4.90 Å². The number of para-hydroxylation sites is 1. The zero-order valence-corrected chi connectivity index (χ0v) is 23.2. The Morgan fingerprint density at radius 3 is 2.46 bits per heavy atom. The Labute approximate surface area is 227 Å². The molecule has 0 radical (unpaired) electrons. The van der Waals surface area contributed by atoms with E-state index in [9.17, 15) is 19.2 Å². The molecule has 1 saturated heterocycles. The molecule has 3 amide bonds. The number of esters is 1. The maximum Gasteiger partial charge on any atom is 0.326 e. The second-order valence-electron chi connectivity index (χ2n) is 8.82. The predicted molar refractivity (Wildman–Crippen MR) is 144 cm³/mol. The number of rotatable bonds is 9. The molecule has 0 saturated carbocycles. The van der Waals surface area contributed by atoms with E-state index < -0.39 is 29.3 Å². The predicted octanol–water partition coefficient (Wildman–Crippen LogP) is 5.24. The molecule has 0 unspecified atom stereocenters. The van der Waals surface area contributed by atoms with Crippen LogP contribution < -0.4 is 14.8 Å². The Balaban J connectivity index is 1.74. The highest BCUT2D eigenvalue weighted by Gasteiger charge is 2.37. The van der Waals surface area contributed by atoms with E-state index in [-0.39, 0.29) is 17.4 Å². The number of carbonyl (C=O) groups is 4. The smallest absolute Gasteiger partial charge is 0.326 e. The Morgan fingerprint density at radius 2 is 1.81 bits per heavy atom. The van der Waals surface area contributed by atoms with Crippen LogP contribution in [0.15, 0.2) is 51.8 Å². The van der Waals surface area contributed by atoms with Crippen LogP contribution >= 0.6 is 27.7 Å². The lowest BCUT2D eigenvalue weighted by Crippen LogP contribution is -2.37. The molecule has 1 N–H and O–H groups in total. The summed E-state index contributed by atoms with van der Waals surface area (Å²) in [4.78, 5) is 50.6. The van der Waals surface area contributed by atoms with Crippen LogP contribution in [0.2, 0.25) is 0 Å². The number of halogens is 1. The highest BCUT2D eigenvalue weighted by Crippen LogP contribution is 2.39. The lowest BCUT2D eigenvalue weighted by Gasteiger charge is -2.21. The molecule has 1 aliphatic heterocycles. The van der Waals surface area contributed by atoms with Gasteiger partial charge in [0.15, 0.2) is 18.1 Å². The van der Waals surface area contributed by atoms with Gasteiger partial charge in [0.1, 0.15) is 12.1 Å². The van der Waals surface area contributed by atoms with Crippen molar-refractivity contribution in [3.8, 4) is 11.5 Å². The maximum absolute atomic E-state index is 12.8. The van der Waals surface area contributed by atoms with Crippen LogP contribution in [0.25, 0.3) is 6.08 Å². The summed E-state index contributed by atoms with van der Waals surface area (Å²) in [6.07, 6.45) is 1.53. The standard InChI is InChI=1S/C26H27BrN2O7S/c1-5-34-19-12-16(11-18(27)23(19)35-15-21(30)28-17-9-7-6-8-10-17)13-20-24(32)29(25(33)37-20)14-22(31)36-26(2,3)4/h6-13H,5,14-15H2,1-4H3,(H,28,30). The summed E-state index contributed by atoms with van der Waals surface area (Å²) in [7, 11) is 0. The average Bonchev–Trinajstić information content (AvgIpc) is 3.05. The van der Waals surface area contributed by atoms with Gasteiger partial charge in [-0.15, -0.1) is 0 Å². The molecule has 11 heteroatoms. The van der Waals surface area contributed by atoms with Crippen LogP contribution in [0.4, 0.5) is 10.5 Å². The highest BCUT2D eigenvalue weighted by molar-refractivity contribution is 9.10. The Bertz CT molecular complexity index is 1230. The van der Waals surface area contributed by atoms with Crippen molar-refractivity contribution in [2.45, 2.75) is 33.3 Å². The number of hydrogen-bond donors (Lipinski definition) is 1. The summed E-state index contributed by atoms with van der Waals surface area (Å²) in [5, 5.41) is 2.18. The van der Waals surface area contributed by atoms with E-state index in [4.69, 9.17) is 14.2 Å². The van der Waals surface area contributed by atoms with Gasteiger partial charge >= 0.3 is 5.97 Å². The third kappa shape index (κ3) is 8.09. The number of hydrogen-bond acceptors (Lipinski definition) is 8. The summed E-state index contributed by atoms with van der Waals surface area (Å²) < 4.78 is 17.1. The van der Waals surface area contributed by atoms with Crippen LogP contribution in [0.5, 0.6) is 11.5 Å². The fraction of sp³-hybridized carbons (Fsp3) is 0.308. The van der Waals surface area contributed by atoms with Crippen molar-refractivity contribution in [2.24, 2.45) is 0 Å². The first kappa shape index (κ1) is 28.3. The minimum atomic E-state index is -0.733. The number of carbonyl (C=O) groups excluding carboxylic acids is 4. The van der Waals surface area contributed by atoms with Gasteiger partial charge in [-0.1, -0.05) is 18.2 Å². The van der Waals surface area contributed by atoms with E-state index in [2.05, 4.69) is 21.2 Å². The molecule has 196 valence electrons. The third-order valence-corrected chi connectivity index (χ3v) is 6.11. The van der Waals surface area contributed by atoms with Gasteiger partial charge < -0.3 is 19.5 Å². The van der Waals surface area contributed by atoms with Crippen molar-refractivity contribution in [2.75, 3.05) is 25.1 Å². The fourth-order valence-electron chi connectivity index (χ4n) is 3.22. The SMILES string of the molecule is CCOc1cc(C=C2SC(=O)N(CC(=O)OC(C)(C)C)C2=O)cc(Br)c1OCC(=O)Nc1ccccc1. The quantitative estimate of drug-likeness (QED) is 0.311. The molecule has 1 aliphatic rings. The number of amides is 3. The molecular weight excluding hydrogens is 564 g/mol. The number of anilines is 1. The molecule has 2 aromatic rings. The Morgan fingerprint density at radius 1 is 1.11 bits per heavy atom. The summed E-state index contributed by atoms with van der Waals surface area (Å²) in [6, 6.07) is 12.3. The van der Waals surface area contributed by atoms with Gasteiger partial charge in [0.05, 0.1) is 16.0 Å². The van der Waals surface area contributed by atoms with Gasteiger partial charge in [-0.25, -0.2) is 0 Å². The van der Waals surface area contributed by atoms with Gasteiger partial charge in [0.25, 0.3) is 17.1 Å². The summed E-state index contributed by atoms with van der Waals surface area (Å²) in [6.45, 7) is 6.52. The number of imide groups is 1. The number of nitrogens with zero attached hydrogens (tertiary/aromatic N) is 1. The number of benzene rings is 2. The van der Waals surface area contributed by atoms with Crippen molar-refractivity contribution in [1.29, 1.82) is 0 Å². The molecule has 2 aromatic carbocycles. The van der Waals surface area contributed by atoms with Crippen LogP contribution in [-0.4, -0.2) is 53.3 Å². The zero-order valence-electron chi connectivity index (χ0n) is 20.8. The molecule has 9 nitrogen and oxygen atoms in total. The Hall–Kier alpha value is -3.31. The maximum atomic E-state index is 12.8. The Kier molecular flexibility index (Phi) is 9.39. The zero-order chi connectivity index (χ0) is 27.2. The summed E-state index contributed by atoms with van der Waals surface area (Å²) in [5.74, 6) is -0.935. The monoisotopic (exact) mass is 590 g/mol. The second kappa shape index (κ2) is 12.3. The van der Waals surface area contributed by atoms with Crippen LogP contribution in [0.3, 0.4) is 0 Å². The van der Waals surface area contributed by atoms with Gasteiger partial charge in [-0.3, -0.25) is 24.1 Å². The fourth-order valence-corrected chi connectivity index (χ4v) is 4.63. The molecular formula is C26H27BrN2O7S. The number of nitrogens with one attached hydrogen (secondary N) is 1. The average molecular weight is 591 g/mol. The van der Waals surface area contributed by atoms with Gasteiger partial charge in [0.2, 0.25) is 0 Å². The lowest BCUT2D eigenvalue weighted by atomic mass is 10.1. The van der Waals surface area contributed by atoms with Crippen molar-refractivity contribution in [3.63, 3.8) is 0 Å². The molecule has 3 rings (SSSR count). The van der Waals surface area contributed by atoms with Crippen molar-refractivity contribution >= 4 is 62.5 Å². The van der Waals surface area contributed by atoms with E-state index in [1.807, 2.05) is 18.2 Å². The van der Waals surface area contributed by atoms with Gasteiger partial charge in [-0.2, -0.15) is 0 Å². The van der Waals surface area contributed by atoms with E-state index in [1.165, 1.54) is 6.08 Å². The van der Waals surface area contributed by atoms with Crippen molar-refractivity contribution in [3.05, 3.63) is 57.4 Å². The molecule has 0 spiro atoms. The normalized spacial score (nSPS) is 14.6. The minimum Gasteiger partial charge on any atom is -0.490 e. The first-order chi connectivity index (χ1) is 17.5. The van der Waals surface area contributed by atoms with E-state index in [0.717, 1.165) is 16.7 Å². The molecule has 37 heavy (non-hydrogen) atoms.